The SMILES string of the molecule is C/C=N\N1C(C(=O)OC)=C(OCc2ccccc2)c2ccc(-c3cc(F)cc(F)c3)cc2/C1=C\C. The van der Waals surface area contributed by atoms with Crippen molar-refractivity contribution < 1.29 is 23.0 Å². The largest absolute Gasteiger partial charge is 0.486 e. The second-order valence-electron chi connectivity index (χ2n) is 7.72. The second-order valence-corrected chi connectivity index (χ2v) is 7.72. The average Bonchev–Trinajstić information content (AvgIpc) is 2.86. The van der Waals surface area contributed by atoms with Gasteiger partial charge in [-0.1, -0.05) is 42.5 Å². The van der Waals surface area contributed by atoms with Crippen molar-refractivity contribution in [1.29, 1.82) is 0 Å². The predicted octanol–water partition coefficient (Wildman–Crippen LogP) is 6.37. The molecule has 5 nitrogen and oxygen atoms in total. The van der Waals surface area contributed by atoms with Crippen molar-refractivity contribution in [2.24, 2.45) is 5.10 Å². The number of esters is 1. The van der Waals surface area contributed by atoms with Gasteiger partial charge in [0.25, 0.3) is 0 Å². The van der Waals surface area contributed by atoms with Crippen LogP contribution in [-0.4, -0.2) is 24.3 Å². The summed E-state index contributed by atoms with van der Waals surface area (Å²) >= 11 is 0. The highest BCUT2D eigenvalue weighted by Gasteiger charge is 2.35. The van der Waals surface area contributed by atoms with Crippen LogP contribution in [0.2, 0.25) is 0 Å². The molecule has 0 fully saturated rings. The summed E-state index contributed by atoms with van der Waals surface area (Å²) in [4.78, 5) is 12.9. The molecule has 0 aromatic heterocycles. The summed E-state index contributed by atoms with van der Waals surface area (Å²) in [5.74, 6) is -1.65. The van der Waals surface area contributed by atoms with E-state index >= 15 is 0 Å². The van der Waals surface area contributed by atoms with Gasteiger partial charge in [0.2, 0.25) is 0 Å². The lowest BCUT2D eigenvalue weighted by Crippen LogP contribution is -2.29. The summed E-state index contributed by atoms with van der Waals surface area (Å²) in [6, 6.07) is 18.2. The van der Waals surface area contributed by atoms with E-state index in [0.717, 1.165) is 11.6 Å². The number of benzene rings is 3. The summed E-state index contributed by atoms with van der Waals surface area (Å²) in [6.07, 6.45) is 3.36. The molecule has 0 amide bonds. The van der Waals surface area contributed by atoms with E-state index in [1.807, 2.05) is 37.3 Å². The zero-order valence-electron chi connectivity index (χ0n) is 19.6. The summed E-state index contributed by atoms with van der Waals surface area (Å²) in [6.45, 7) is 3.76. The van der Waals surface area contributed by atoms with Gasteiger partial charge >= 0.3 is 5.97 Å². The molecule has 0 saturated heterocycles. The maximum absolute atomic E-state index is 13.9. The van der Waals surface area contributed by atoms with Gasteiger partial charge in [-0.25, -0.2) is 18.6 Å². The molecule has 35 heavy (non-hydrogen) atoms. The van der Waals surface area contributed by atoms with E-state index in [4.69, 9.17) is 9.47 Å². The van der Waals surface area contributed by atoms with Crippen molar-refractivity contribution in [1.82, 2.24) is 5.01 Å². The van der Waals surface area contributed by atoms with Gasteiger partial charge in [0, 0.05) is 23.4 Å². The van der Waals surface area contributed by atoms with Gasteiger partial charge in [-0.05, 0) is 54.8 Å². The Morgan fingerprint density at radius 3 is 2.29 bits per heavy atom. The molecule has 1 aliphatic heterocycles. The van der Waals surface area contributed by atoms with Crippen LogP contribution in [0.15, 0.2) is 83.6 Å². The van der Waals surface area contributed by atoms with Crippen molar-refractivity contribution in [3.63, 3.8) is 0 Å². The molecule has 0 bridgehead atoms. The maximum Gasteiger partial charge on any atom is 0.360 e. The van der Waals surface area contributed by atoms with Crippen LogP contribution in [0.25, 0.3) is 22.6 Å². The second kappa shape index (κ2) is 10.3. The molecule has 3 aromatic carbocycles. The normalized spacial score (nSPS) is 14.4. The van der Waals surface area contributed by atoms with Crippen LogP contribution in [0.1, 0.15) is 30.5 Å². The first-order valence-corrected chi connectivity index (χ1v) is 11.0. The van der Waals surface area contributed by atoms with E-state index in [9.17, 15) is 13.6 Å². The van der Waals surface area contributed by atoms with E-state index in [2.05, 4.69) is 5.10 Å². The zero-order valence-corrected chi connectivity index (χ0v) is 19.6. The number of rotatable bonds is 6. The highest BCUT2D eigenvalue weighted by Crippen LogP contribution is 2.42. The Balaban J connectivity index is 1.91. The van der Waals surface area contributed by atoms with Crippen LogP contribution in [-0.2, 0) is 20.9 Å². The molecule has 178 valence electrons. The van der Waals surface area contributed by atoms with E-state index in [-0.39, 0.29) is 12.3 Å². The number of hydrazone groups is 1. The van der Waals surface area contributed by atoms with Crippen molar-refractivity contribution >= 4 is 23.6 Å². The Hall–Kier alpha value is -4.26. The molecule has 1 aliphatic rings. The molecule has 0 atom stereocenters. The fourth-order valence-corrected chi connectivity index (χ4v) is 3.98. The number of ether oxygens (including phenoxy) is 2. The smallest absolute Gasteiger partial charge is 0.360 e. The molecule has 1 heterocycles. The molecule has 0 spiro atoms. The predicted molar refractivity (Wildman–Crippen MR) is 132 cm³/mol. The Bertz CT molecular complexity index is 1330. The van der Waals surface area contributed by atoms with Gasteiger partial charge in [0.05, 0.1) is 12.8 Å². The monoisotopic (exact) mass is 474 g/mol. The van der Waals surface area contributed by atoms with Crippen LogP contribution in [0.3, 0.4) is 0 Å². The fourth-order valence-electron chi connectivity index (χ4n) is 3.98. The van der Waals surface area contributed by atoms with Gasteiger partial charge in [-0.15, -0.1) is 0 Å². The molecule has 0 aliphatic carbocycles. The molecule has 0 radical (unpaired) electrons. The van der Waals surface area contributed by atoms with Gasteiger partial charge < -0.3 is 9.47 Å². The van der Waals surface area contributed by atoms with Gasteiger partial charge in [0.1, 0.15) is 18.2 Å². The first-order chi connectivity index (χ1) is 17.0. The minimum atomic E-state index is -0.666. The van der Waals surface area contributed by atoms with Crippen LogP contribution in [0.5, 0.6) is 0 Å². The summed E-state index contributed by atoms with van der Waals surface area (Å²) in [7, 11) is 1.30. The van der Waals surface area contributed by atoms with Gasteiger partial charge in [-0.2, -0.15) is 5.10 Å². The molecule has 0 unspecified atom stereocenters. The number of carbonyl (C=O) groups excluding carboxylic acids is 1. The number of hydrogen-bond donors (Lipinski definition) is 0. The van der Waals surface area contributed by atoms with Gasteiger partial charge in [0.15, 0.2) is 11.5 Å². The minimum absolute atomic E-state index is 0.131. The van der Waals surface area contributed by atoms with Gasteiger partial charge in [-0.3, -0.25) is 0 Å². The Kier molecular flexibility index (Phi) is 7.06. The number of nitrogens with zero attached hydrogens (tertiary/aromatic N) is 2. The quantitative estimate of drug-likeness (QED) is 0.308. The van der Waals surface area contributed by atoms with Crippen molar-refractivity contribution in [3.05, 3.63) is 107 Å². The van der Waals surface area contributed by atoms with E-state index in [1.54, 1.807) is 37.4 Å². The minimum Gasteiger partial charge on any atom is -0.486 e. The number of allylic oxidation sites excluding steroid dienone is 1. The lowest BCUT2D eigenvalue weighted by atomic mass is 9.92. The van der Waals surface area contributed by atoms with Crippen LogP contribution in [0, 0.1) is 11.6 Å². The maximum atomic E-state index is 13.9. The summed E-state index contributed by atoms with van der Waals surface area (Å²) in [5, 5.41) is 5.87. The van der Waals surface area contributed by atoms with E-state index in [1.165, 1.54) is 24.3 Å². The lowest BCUT2D eigenvalue weighted by Gasteiger charge is -2.32. The summed E-state index contributed by atoms with van der Waals surface area (Å²) < 4.78 is 39.1. The third-order valence-corrected chi connectivity index (χ3v) is 5.50. The first-order valence-electron chi connectivity index (χ1n) is 11.0. The van der Waals surface area contributed by atoms with E-state index < -0.39 is 17.6 Å². The number of halogens is 2. The van der Waals surface area contributed by atoms with E-state index in [0.29, 0.717) is 33.7 Å². The fraction of sp³-hybridized carbons (Fsp3) is 0.143. The zero-order chi connectivity index (χ0) is 24.9. The first kappa shape index (κ1) is 23.9. The average molecular weight is 475 g/mol. The standard InChI is InChI=1S/C28H24F2N2O3/c1-4-25-24-15-19(20-13-21(29)16-22(30)14-20)11-12-23(24)27(35-17-18-9-7-6-8-10-18)26(28(33)34-3)32(25)31-5-2/h4-16H,17H2,1-3H3/b25-4+,31-5-. The van der Waals surface area contributed by atoms with Crippen LogP contribution < -0.4 is 0 Å². The number of carbonyl (C=O) groups is 1. The highest BCUT2D eigenvalue weighted by molar-refractivity contribution is 6.01. The van der Waals surface area contributed by atoms with Crippen molar-refractivity contribution in [3.8, 4) is 11.1 Å². The number of hydrogen-bond acceptors (Lipinski definition) is 5. The number of methoxy groups -OCH3 is 1. The molecule has 7 heteroatoms. The van der Waals surface area contributed by atoms with Crippen molar-refractivity contribution in [2.45, 2.75) is 20.5 Å². The lowest BCUT2D eigenvalue weighted by molar-refractivity contribution is -0.137. The third-order valence-electron chi connectivity index (χ3n) is 5.50. The molecule has 4 rings (SSSR count). The number of fused-ring (bicyclic) bond motifs is 1. The Labute approximate surface area is 202 Å². The molecular weight excluding hydrogens is 450 g/mol. The molecule has 0 N–H and O–H groups in total. The topological polar surface area (TPSA) is 51.1 Å². The summed E-state index contributed by atoms with van der Waals surface area (Å²) in [5.41, 5.74) is 3.97. The van der Waals surface area contributed by atoms with Crippen LogP contribution in [0.4, 0.5) is 8.78 Å². The highest BCUT2D eigenvalue weighted by atomic mass is 19.1. The molecular formula is C28H24F2N2O3. The Morgan fingerprint density at radius 1 is 0.943 bits per heavy atom. The third kappa shape index (κ3) is 4.84. The molecule has 3 aromatic rings. The van der Waals surface area contributed by atoms with Crippen molar-refractivity contribution in [2.75, 3.05) is 7.11 Å². The molecule has 0 saturated carbocycles. The van der Waals surface area contributed by atoms with Crippen LogP contribution >= 0.6 is 0 Å². The Morgan fingerprint density at radius 2 is 1.66 bits per heavy atom.